The Morgan fingerprint density at radius 3 is 2.55 bits per heavy atom. The minimum atomic E-state index is -4.54. The molecule has 3 aromatic rings. The summed E-state index contributed by atoms with van der Waals surface area (Å²) >= 11 is 0.537. The number of aromatic nitrogens is 2. The standard InChI is InChI=1S/C25H26F4N4O3S.ClH/c26-19-3-1-2-18-17-6-9-32(21(34)10-15-4-7-31(8-5-15)14-22(35)36)13-20(17)33(23(18)19)12-16-11-30-24(37-16)25(27,28)29;/h1-3,11,15H,4-10,12-14H2,(H,35,36);1H. The van der Waals surface area contributed by atoms with Crippen molar-refractivity contribution < 1.29 is 32.3 Å². The Morgan fingerprint density at radius 2 is 1.89 bits per heavy atom. The maximum Gasteiger partial charge on any atom is 0.443 e. The number of nitrogens with zero attached hydrogens (tertiary/aromatic N) is 4. The van der Waals surface area contributed by atoms with Gasteiger partial charge in [0, 0.05) is 35.1 Å². The lowest BCUT2D eigenvalue weighted by Gasteiger charge is -2.33. The zero-order chi connectivity index (χ0) is 26.3. The zero-order valence-corrected chi connectivity index (χ0v) is 22.0. The summed E-state index contributed by atoms with van der Waals surface area (Å²) in [5.74, 6) is -1.17. The van der Waals surface area contributed by atoms with Crippen molar-refractivity contribution in [3.8, 4) is 0 Å². The molecule has 206 valence electrons. The first-order valence-electron chi connectivity index (χ1n) is 12.1. The smallest absolute Gasteiger partial charge is 0.443 e. The molecular weight excluding hydrogens is 548 g/mol. The Bertz CT molecular complexity index is 1330. The van der Waals surface area contributed by atoms with Gasteiger partial charge in [0.05, 0.1) is 25.2 Å². The summed E-state index contributed by atoms with van der Waals surface area (Å²) in [6.07, 6.45) is -0.989. The van der Waals surface area contributed by atoms with Gasteiger partial charge in [0.1, 0.15) is 5.82 Å². The fraction of sp³-hybridized carbons (Fsp3) is 0.480. The van der Waals surface area contributed by atoms with E-state index in [4.69, 9.17) is 5.11 Å². The predicted molar refractivity (Wildman–Crippen MR) is 136 cm³/mol. The number of carboxylic acid groups (broad SMARTS) is 1. The number of hydrogen-bond acceptors (Lipinski definition) is 5. The second-order valence-corrected chi connectivity index (χ2v) is 10.8. The van der Waals surface area contributed by atoms with E-state index in [0.29, 0.717) is 59.6 Å². The van der Waals surface area contributed by atoms with Crippen LogP contribution < -0.4 is 0 Å². The number of amides is 1. The largest absolute Gasteiger partial charge is 0.480 e. The van der Waals surface area contributed by atoms with Crippen molar-refractivity contribution in [3.63, 3.8) is 0 Å². The normalized spacial score (nSPS) is 16.9. The molecule has 1 saturated heterocycles. The molecule has 4 heterocycles. The highest BCUT2D eigenvalue weighted by Crippen LogP contribution is 2.36. The quantitative estimate of drug-likeness (QED) is 0.428. The van der Waals surface area contributed by atoms with Gasteiger partial charge in [0.2, 0.25) is 5.91 Å². The average Bonchev–Trinajstić information content (AvgIpc) is 3.44. The van der Waals surface area contributed by atoms with Gasteiger partial charge in [-0.1, -0.05) is 12.1 Å². The molecule has 13 heteroatoms. The van der Waals surface area contributed by atoms with Gasteiger partial charge in [-0.3, -0.25) is 14.5 Å². The molecule has 1 amide bonds. The molecule has 7 nitrogen and oxygen atoms in total. The van der Waals surface area contributed by atoms with Crippen LogP contribution in [0.25, 0.3) is 10.9 Å². The van der Waals surface area contributed by atoms with E-state index in [0.717, 1.165) is 24.1 Å². The molecule has 0 unspecified atom stereocenters. The molecule has 1 aromatic carbocycles. The number of carbonyl (C=O) groups excluding carboxylic acids is 1. The number of fused-ring (bicyclic) bond motifs is 3. The van der Waals surface area contributed by atoms with E-state index in [1.807, 2.05) is 11.0 Å². The summed E-state index contributed by atoms with van der Waals surface area (Å²) in [5.41, 5.74) is 1.98. The number of aliphatic carboxylic acids is 1. The first-order chi connectivity index (χ1) is 17.6. The van der Waals surface area contributed by atoms with Crippen molar-refractivity contribution in [2.75, 3.05) is 26.2 Å². The highest BCUT2D eigenvalue weighted by Gasteiger charge is 2.35. The summed E-state index contributed by atoms with van der Waals surface area (Å²) in [5, 5.41) is 8.74. The van der Waals surface area contributed by atoms with Crippen LogP contribution in [0.15, 0.2) is 24.4 Å². The number of halogens is 5. The fourth-order valence-electron chi connectivity index (χ4n) is 5.42. The Balaban J connectivity index is 0.00000336. The van der Waals surface area contributed by atoms with Crippen LogP contribution in [-0.2, 0) is 35.3 Å². The number of piperidine rings is 1. The number of para-hydroxylation sites is 1. The average molecular weight is 575 g/mol. The third-order valence-electron chi connectivity index (χ3n) is 7.22. The fourth-order valence-corrected chi connectivity index (χ4v) is 6.19. The van der Waals surface area contributed by atoms with Crippen molar-refractivity contribution in [1.29, 1.82) is 0 Å². The molecule has 0 radical (unpaired) electrons. The molecule has 1 N–H and O–H groups in total. The minimum absolute atomic E-state index is 0. The number of carbonyl (C=O) groups is 2. The van der Waals surface area contributed by atoms with Gasteiger partial charge in [0.15, 0.2) is 5.01 Å². The summed E-state index contributed by atoms with van der Waals surface area (Å²) < 4.78 is 55.9. The molecule has 2 aliphatic heterocycles. The van der Waals surface area contributed by atoms with E-state index in [9.17, 15) is 27.2 Å². The van der Waals surface area contributed by atoms with Crippen molar-refractivity contribution in [1.82, 2.24) is 19.4 Å². The van der Waals surface area contributed by atoms with Gasteiger partial charge in [-0.25, -0.2) is 9.37 Å². The Kier molecular flexibility index (Phi) is 8.34. The van der Waals surface area contributed by atoms with Crippen molar-refractivity contribution >= 4 is 46.5 Å². The van der Waals surface area contributed by atoms with Crippen LogP contribution in [0, 0.1) is 11.7 Å². The van der Waals surface area contributed by atoms with Crippen LogP contribution in [0.2, 0.25) is 0 Å². The van der Waals surface area contributed by atoms with E-state index in [1.165, 1.54) is 12.3 Å². The first kappa shape index (κ1) is 28.3. The number of likely N-dealkylation sites (tertiary alicyclic amines) is 1. The summed E-state index contributed by atoms with van der Waals surface area (Å²) in [7, 11) is 0. The van der Waals surface area contributed by atoms with Gasteiger partial charge in [0.25, 0.3) is 0 Å². The lowest BCUT2D eigenvalue weighted by atomic mass is 9.92. The topological polar surface area (TPSA) is 78.7 Å². The molecule has 2 aromatic heterocycles. The number of rotatable bonds is 6. The molecule has 38 heavy (non-hydrogen) atoms. The third-order valence-corrected chi connectivity index (χ3v) is 8.25. The summed E-state index contributed by atoms with van der Waals surface area (Å²) in [6, 6.07) is 4.76. The maximum absolute atomic E-state index is 15.0. The number of carboxylic acids is 1. The van der Waals surface area contributed by atoms with Crippen LogP contribution in [0.5, 0.6) is 0 Å². The molecule has 0 bridgehead atoms. The third kappa shape index (κ3) is 5.81. The van der Waals surface area contributed by atoms with Crippen LogP contribution >= 0.6 is 23.7 Å². The highest BCUT2D eigenvalue weighted by molar-refractivity contribution is 7.11. The van der Waals surface area contributed by atoms with E-state index in [-0.39, 0.29) is 43.9 Å². The molecule has 0 aliphatic carbocycles. The predicted octanol–water partition coefficient (Wildman–Crippen LogP) is 4.80. The second kappa shape index (κ2) is 11.2. The molecule has 2 aliphatic rings. The summed E-state index contributed by atoms with van der Waals surface area (Å²) in [4.78, 5) is 31.6. The highest BCUT2D eigenvalue weighted by atomic mass is 35.5. The molecule has 0 atom stereocenters. The lowest BCUT2D eigenvalue weighted by molar-refractivity contribution is -0.139. The molecular formula is C25H27ClF4N4O3S. The SMILES string of the molecule is Cl.O=C(O)CN1CCC(CC(=O)N2CCc3c(n(Cc4cnc(C(F)(F)F)s4)c4c(F)cccc34)C2)CC1. The zero-order valence-electron chi connectivity index (χ0n) is 20.3. The number of benzene rings is 1. The first-order valence-corrected chi connectivity index (χ1v) is 12.9. The number of alkyl halides is 3. The Hall–Kier alpha value is -2.70. The monoisotopic (exact) mass is 574 g/mol. The lowest BCUT2D eigenvalue weighted by Crippen LogP contribution is -2.40. The molecule has 5 rings (SSSR count). The Morgan fingerprint density at radius 1 is 1.16 bits per heavy atom. The van der Waals surface area contributed by atoms with Gasteiger partial charge in [-0.2, -0.15) is 13.2 Å². The maximum atomic E-state index is 15.0. The Labute approximate surface area is 226 Å². The second-order valence-electron chi connectivity index (χ2n) is 9.66. The van der Waals surface area contributed by atoms with E-state index < -0.39 is 23.0 Å². The van der Waals surface area contributed by atoms with Gasteiger partial charge in [-0.05, 0) is 49.9 Å². The van der Waals surface area contributed by atoms with Crippen LogP contribution in [0.3, 0.4) is 0 Å². The van der Waals surface area contributed by atoms with E-state index >= 15 is 0 Å². The van der Waals surface area contributed by atoms with E-state index in [1.54, 1.807) is 15.5 Å². The minimum Gasteiger partial charge on any atom is -0.480 e. The van der Waals surface area contributed by atoms with Gasteiger partial charge in [-0.15, -0.1) is 23.7 Å². The van der Waals surface area contributed by atoms with Crippen LogP contribution in [-0.4, -0.2) is 62.5 Å². The van der Waals surface area contributed by atoms with Crippen molar-refractivity contribution in [3.05, 3.63) is 51.4 Å². The van der Waals surface area contributed by atoms with Gasteiger partial charge < -0.3 is 14.6 Å². The molecule has 0 saturated carbocycles. The van der Waals surface area contributed by atoms with Crippen molar-refractivity contribution in [2.45, 2.75) is 44.9 Å². The molecule has 1 fully saturated rings. The van der Waals surface area contributed by atoms with Crippen LogP contribution in [0.1, 0.15) is 40.4 Å². The number of hydrogen-bond donors (Lipinski definition) is 1. The summed E-state index contributed by atoms with van der Waals surface area (Å²) in [6.45, 7) is 2.04. The van der Waals surface area contributed by atoms with Crippen LogP contribution in [0.4, 0.5) is 17.6 Å². The van der Waals surface area contributed by atoms with E-state index in [2.05, 4.69) is 4.98 Å². The molecule has 0 spiro atoms. The van der Waals surface area contributed by atoms with Crippen molar-refractivity contribution in [2.24, 2.45) is 5.92 Å². The van der Waals surface area contributed by atoms with Gasteiger partial charge >= 0.3 is 12.1 Å². The number of thiazole rings is 1.